The van der Waals surface area contributed by atoms with Gasteiger partial charge in [-0.1, -0.05) is 12.1 Å². The number of benzene rings is 1. The molecule has 1 aliphatic rings. The summed E-state index contributed by atoms with van der Waals surface area (Å²) in [5.74, 6) is -5.97. The molecule has 12 heteroatoms. The van der Waals surface area contributed by atoms with Crippen LogP contribution < -0.4 is 9.97 Å². The zero-order valence-electron chi connectivity index (χ0n) is 15.8. The van der Waals surface area contributed by atoms with Gasteiger partial charge < -0.3 is 29.2 Å². The highest BCUT2D eigenvalue weighted by Gasteiger charge is 2.39. The van der Waals surface area contributed by atoms with E-state index in [-0.39, 0.29) is 24.3 Å². The van der Waals surface area contributed by atoms with Crippen molar-refractivity contribution in [1.29, 1.82) is 0 Å². The Balaban J connectivity index is 2.03. The molecule has 0 fully saturated rings. The Morgan fingerprint density at radius 3 is 2.69 bits per heavy atom. The molecular weight excluding hydrogens is 395 g/mol. The molecule has 0 aromatic heterocycles. The van der Waals surface area contributed by atoms with Crippen LogP contribution in [0, 0.1) is 0 Å². The van der Waals surface area contributed by atoms with E-state index < -0.39 is 50.2 Å². The molecule has 2 rings (SSSR count). The highest BCUT2D eigenvalue weighted by Crippen LogP contribution is 2.30. The second-order valence-electron chi connectivity index (χ2n) is 6.30. The maximum atomic E-state index is 13.0. The average molecular weight is 415 g/mol. The zero-order chi connectivity index (χ0) is 21.6. The molecule has 1 amide bonds. The summed E-state index contributed by atoms with van der Waals surface area (Å²) >= 11 is 0. The van der Waals surface area contributed by atoms with Crippen molar-refractivity contribution in [3.05, 3.63) is 29.3 Å². The fourth-order valence-electron chi connectivity index (χ4n) is 2.62. The van der Waals surface area contributed by atoms with Crippen molar-refractivity contribution in [3.8, 4) is 5.75 Å². The first-order valence-electron chi connectivity index (χ1n) is 8.71. The summed E-state index contributed by atoms with van der Waals surface area (Å²) < 4.78 is 45.1. The minimum Gasteiger partial charge on any atom is -0.534 e. The highest BCUT2D eigenvalue weighted by molar-refractivity contribution is 6.47. The van der Waals surface area contributed by atoms with Crippen LogP contribution >= 0.6 is 0 Å². The van der Waals surface area contributed by atoms with Gasteiger partial charge in [0, 0.05) is 0 Å². The molecule has 0 radical (unpaired) electrons. The first-order valence-corrected chi connectivity index (χ1v) is 8.71. The molecule has 9 nitrogen and oxygen atoms in total. The topological polar surface area (TPSA) is 120 Å². The first kappa shape index (κ1) is 22.4. The maximum absolute atomic E-state index is 13.0. The number of hydrogen-bond acceptors (Lipinski definition) is 8. The van der Waals surface area contributed by atoms with Crippen LogP contribution in [0.15, 0.2) is 18.2 Å². The Bertz CT molecular complexity index is 770. The van der Waals surface area contributed by atoms with Gasteiger partial charge in [0.25, 0.3) is 5.92 Å². The van der Waals surface area contributed by atoms with Gasteiger partial charge in [-0.3, -0.25) is 4.79 Å². The molecule has 1 atom stereocenters. The summed E-state index contributed by atoms with van der Waals surface area (Å²) in [4.78, 5) is 35.0. The van der Waals surface area contributed by atoms with Crippen molar-refractivity contribution >= 4 is 25.2 Å². The van der Waals surface area contributed by atoms with E-state index in [0.29, 0.717) is 12.5 Å². The average Bonchev–Trinajstić information content (AvgIpc) is 2.60. The second-order valence-corrected chi connectivity index (χ2v) is 6.30. The van der Waals surface area contributed by atoms with Crippen molar-refractivity contribution in [3.63, 3.8) is 0 Å². The Hall–Kier alpha value is -2.89. The molecule has 29 heavy (non-hydrogen) atoms. The third kappa shape index (κ3) is 6.59. The summed E-state index contributed by atoms with van der Waals surface area (Å²) in [7, 11) is -1.57. The predicted octanol–water partition coefficient (Wildman–Crippen LogP) is 1.46. The minimum atomic E-state index is -3.19. The number of hydrogen-bond donors (Lipinski definition) is 2. The summed E-state index contributed by atoms with van der Waals surface area (Å²) in [6.07, 6.45) is -1.99. The van der Waals surface area contributed by atoms with E-state index in [9.17, 15) is 28.2 Å². The monoisotopic (exact) mass is 415 g/mol. The Morgan fingerprint density at radius 2 is 2.03 bits per heavy atom. The van der Waals surface area contributed by atoms with Gasteiger partial charge in [-0.05, 0) is 31.9 Å². The van der Waals surface area contributed by atoms with E-state index in [0.717, 1.165) is 0 Å². The number of ether oxygens (including phenoxy) is 3. The summed E-state index contributed by atoms with van der Waals surface area (Å²) in [6, 6.07) is 4.47. The molecule has 0 bridgehead atoms. The predicted molar refractivity (Wildman–Crippen MR) is 94.3 cm³/mol. The van der Waals surface area contributed by atoms with Gasteiger partial charge in [0.15, 0.2) is 0 Å². The molecule has 2 N–H and O–H groups in total. The molecule has 1 aromatic carbocycles. The molecule has 0 saturated heterocycles. The number of halogens is 2. The molecule has 0 unspecified atom stereocenters. The van der Waals surface area contributed by atoms with Crippen molar-refractivity contribution in [2.24, 2.45) is 0 Å². The van der Waals surface area contributed by atoms with Gasteiger partial charge in [-0.15, -0.1) is 0 Å². The third-order valence-corrected chi connectivity index (χ3v) is 3.79. The van der Waals surface area contributed by atoms with E-state index in [1.807, 2.05) is 0 Å². The smallest absolute Gasteiger partial charge is 0.534 e. The van der Waals surface area contributed by atoms with Crippen LogP contribution in [-0.4, -0.2) is 55.4 Å². The Kier molecular flexibility index (Phi) is 7.37. The van der Waals surface area contributed by atoms with Crippen LogP contribution in [0.1, 0.15) is 36.2 Å². The molecular formula is C17H20BF2NO8. The number of carbonyl (C=O) groups excluding carboxylic acids is 3. The number of rotatable bonds is 7. The molecule has 0 aliphatic carbocycles. The summed E-state index contributed by atoms with van der Waals surface area (Å²) in [6.45, 7) is 1.60. The normalized spacial score (nSPS) is 15.6. The lowest BCUT2D eigenvalue weighted by molar-refractivity contribution is -0.127. The van der Waals surface area contributed by atoms with E-state index in [2.05, 4.69) is 14.8 Å². The molecule has 1 heterocycles. The van der Waals surface area contributed by atoms with Crippen molar-refractivity contribution in [2.75, 3.05) is 13.4 Å². The van der Waals surface area contributed by atoms with Crippen LogP contribution in [0.5, 0.6) is 5.75 Å². The number of amides is 1. The Morgan fingerprint density at radius 1 is 1.31 bits per heavy atom. The lowest BCUT2D eigenvalue weighted by Gasteiger charge is -2.29. The standard InChI is InChI=1S/C17H20BF2NO8/c1-3-26-16(24)28-9-27-15(23)11-6-4-5-10-7-12(18(25)29-14(10)11)21-13(22)8-17(2,19)20/h4-6,12,25H,3,7-9H2,1-2H3,(H,21,22)/t12-/m0/s1. The van der Waals surface area contributed by atoms with E-state index >= 15 is 0 Å². The van der Waals surface area contributed by atoms with E-state index in [1.54, 1.807) is 13.0 Å². The summed E-state index contributed by atoms with van der Waals surface area (Å²) in [5, 5.41) is 12.4. The first-order chi connectivity index (χ1) is 13.6. The lowest BCUT2D eigenvalue weighted by Crippen LogP contribution is -2.53. The lowest BCUT2D eigenvalue weighted by atomic mass is 9.72. The largest absolute Gasteiger partial charge is 0.547 e. The Labute approximate surface area is 165 Å². The van der Waals surface area contributed by atoms with Crippen LogP contribution in [-0.2, 0) is 25.4 Å². The molecule has 0 saturated carbocycles. The van der Waals surface area contributed by atoms with Crippen molar-refractivity contribution in [2.45, 2.75) is 38.6 Å². The van der Waals surface area contributed by atoms with Gasteiger partial charge in [0.2, 0.25) is 12.7 Å². The minimum absolute atomic E-state index is 0.0208. The van der Waals surface area contributed by atoms with Crippen LogP contribution in [0.3, 0.4) is 0 Å². The quantitative estimate of drug-likeness (QED) is 0.390. The number of esters is 1. The van der Waals surface area contributed by atoms with Gasteiger partial charge in [-0.25, -0.2) is 18.4 Å². The van der Waals surface area contributed by atoms with Gasteiger partial charge in [-0.2, -0.15) is 0 Å². The number of fused-ring (bicyclic) bond motifs is 1. The zero-order valence-corrected chi connectivity index (χ0v) is 15.8. The molecule has 158 valence electrons. The highest BCUT2D eigenvalue weighted by atomic mass is 19.3. The van der Waals surface area contributed by atoms with Crippen molar-refractivity contribution < 1.29 is 47.1 Å². The van der Waals surface area contributed by atoms with Gasteiger partial charge in [0.05, 0.1) is 19.0 Å². The molecule has 1 aromatic rings. The van der Waals surface area contributed by atoms with E-state index in [1.165, 1.54) is 12.1 Å². The van der Waals surface area contributed by atoms with Crippen molar-refractivity contribution in [1.82, 2.24) is 5.32 Å². The van der Waals surface area contributed by atoms with Crippen LogP contribution in [0.4, 0.5) is 13.6 Å². The SMILES string of the molecule is CCOC(=O)OCOC(=O)c1cccc2c1OB(O)[C@@H](NC(=O)CC(C)(F)F)C2. The summed E-state index contributed by atoms with van der Waals surface area (Å²) in [5.41, 5.74) is 0.406. The van der Waals surface area contributed by atoms with E-state index in [4.69, 9.17) is 9.39 Å². The van der Waals surface area contributed by atoms with Crippen LogP contribution in [0.2, 0.25) is 0 Å². The fraction of sp³-hybridized carbons (Fsp3) is 0.471. The number of carbonyl (C=O) groups is 3. The number of alkyl halides is 2. The van der Waals surface area contributed by atoms with Gasteiger partial charge >= 0.3 is 19.2 Å². The van der Waals surface area contributed by atoms with Crippen LogP contribution in [0.25, 0.3) is 0 Å². The number of nitrogens with one attached hydrogen (secondary N) is 1. The number of para-hydroxylation sites is 1. The third-order valence-electron chi connectivity index (χ3n) is 3.79. The fourth-order valence-corrected chi connectivity index (χ4v) is 2.62. The maximum Gasteiger partial charge on any atom is 0.547 e. The molecule has 0 spiro atoms. The van der Waals surface area contributed by atoms with Gasteiger partial charge in [0.1, 0.15) is 11.3 Å². The second kappa shape index (κ2) is 9.55. The molecule has 1 aliphatic heterocycles.